The minimum atomic E-state index is 0. The zero-order valence-corrected chi connectivity index (χ0v) is 12.9. The zero-order chi connectivity index (χ0) is 12.3. The van der Waals surface area contributed by atoms with Crippen LogP contribution in [0.25, 0.3) is 10.8 Å². The van der Waals surface area contributed by atoms with Gasteiger partial charge in [-0.25, -0.2) is 0 Å². The third-order valence-corrected chi connectivity index (χ3v) is 3.82. The maximum absolute atomic E-state index is 5.46. The van der Waals surface area contributed by atoms with Crippen molar-refractivity contribution >= 4 is 39.1 Å². The average Bonchev–Trinajstić information content (AvgIpc) is 2.38. The molecule has 0 atom stereocenters. The first-order valence-corrected chi connectivity index (χ1v) is 6.46. The van der Waals surface area contributed by atoms with Crippen LogP contribution in [0, 0.1) is 0 Å². The second-order valence-corrected chi connectivity index (χ2v) is 4.74. The lowest BCUT2D eigenvalue weighted by atomic mass is 10.0. The third kappa shape index (κ3) is 2.97. The highest BCUT2D eigenvalue weighted by atomic mass is 79.9. The largest absolute Gasteiger partial charge is 0.496 e. The van der Waals surface area contributed by atoms with Crippen molar-refractivity contribution in [1.82, 2.24) is 5.32 Å². The van der Waals surface area contributed by atoms with E-state index in [1.807, 2.05) is 19.2 Å². The number of hydrogen-bond acceptors (Lipinski definition) is 2. The lowest BCUT2D eigenvalue weighted by Crippen LogP contribution is -2.10. The molecule has 0 heterocycles. The molecule has 0 aliphatic rings. The van der Waals surface area contributed by atoms with E-state index in [4.69, 9.17) is 4.74 Å². The zero-order valence-electron chi connectivity index (χ0n) is 10.5. The highest BCUT2D eigenvalue weighted by Gasteiger charge is 2.09. The van der Waals surface area contributed by atoms with E-state index in [1.165, 1.54) is 15.4 Å². The van der Waals surface area contributed by atoms with Gasteiger partial charge in [0, 0.05) is 9.86 Å². The predicted molar refractivity (Wildman–Crippen MR) is 83.1 cm³/mol. The van der Waals surface area contributed by atoms with E-state index >= 15 is 0 Å². The maximum Gasteiger partial charge on any atom is 0.127 e. The summed E-state index contributed by atoms with van der Waals surface area (Å²) in [6.07, 6.45) is 0.984. The van der Waals surface area contributed by atoms with Crippen molar-refractivity contribution in [3.63, 3.8) is 0 Å². The first kappa shape index (κ1) is 15.3. The Morgan fingerprint density at radius 1 is 1.22 bits per heavy atom. The first-order chi connectivity index (χ1) is 8.27. The van der Waals surface area contributed by atoms with Gasteiger partial charge in [0.2, 0.25) is 0 Å². The minimum Gasteiger partial charge on any atom is -0.496 e. The van der Waals surface area contributed by atoms with Gasteiger partial charge in [0.05, 0.1) is 7.11 Å². The fourth-order valence-corrected chi connectivity index (χ4v) is 2.63. The molecule has 4 heteroatoms. The van der Waals surface area contributed by atoms with Crippen LogP contribution in [0.15, 0.2) is 34.8 Å². The number of ether oxygens (including phenoxy) is 1. The van der Waals surface area contributed by atoms with Gasteiger partial charge < -0.3 is 10.1 Å². The normalized spacial score (nSPS) is 10.2. The number of nitrogens with one attached hydrogen (secondary N) is 1. The van der Waals surface area contributed by atoms with Crippen molar-refractivity contribution in [1.29, 1.82) is 0 Å². The van der Waals surface area contributed by atoms with E-state index in [-0.39, 0.29) is 12.4 Å². The van der Waals surface area contributed by atoms with E-state index in [2.05, 4.69) is 39.4 Å². The molecule has 2 aromatic rings. The Hall–Kier alpha value is -0.770. The molecule has 18 heavy (non-hydrogen) atoms. The van der Waals surface area contributed by atoms with Gasteiger partial charge in [0.1, 0.15) is 5.75 Å². The summed E-state index contributed by atoms with van der Waals surface area (Å²) in [5.41, 5.74) is 1.27. The van der Waals surface area contributed by atoms with Crippen LogP contribution in [-0.4, -0.2) is 20.7 Å². The highest BCUT2D eigenvalue weighted by Crippen LogP contribution is 2.34. The Morgan fingerprint density at radius 2 is 1.89 bits per heavy atom. The van der Waals surface area contributed by atoms with Gasteiger partial charge in [-0.3, -0.25) is 0 Å². The quantitative estimate of drug-likeness (QED) is 0.921. The summed E-state index contributed by atoms with van der Waals surface area (Å²) < 4.78 is 6.63. The molecular weight excluding hydrogens is 314 g/mol. The Balaban J connectivity index is 0.00000162. The molecule has 2 nitrogen and oxygen atoms in total. The van der Waals surface area contributed by atoms with Crippen molar-refractivity contribution in [3.05, 3.63) is 40.4 Å². The van der Waals surface area contributed by atoms with Crippen LogP contribution < -0.4 is 10.1 Å². The summed E-state index contributed by atoms with van der Waals surface area (Å²) in [6, 6.07) is 10.4. The van der Waals surface area contributed by atoms with Crippen molar-refractivity contribution in [2.75, 3.05) is 20.7 Å². The number of halogens is 2. The molecule has 0 saturated carbocycles. The molecule has 2 rings (SSSR count). The molecule has 0 bridgehead atoms. The number of benzene rings is 2. The van der Waals surface area contributed by atoms with Crippen molar-refractivity contribution in [2.24, 2.45) is 0 Å². The molecule has 0 fully saturated rings. The number of likely N-dealkylation sites (N-methyl/N-ethyl adjacent to an activating group) is 1. The molecule has 0 aliphatic carbocycles. The van der Waals surface area contributed by atoms with E-state index < -0.39 is 0 Å². The van der Waals surface area contributed by atoms with Crippen molar-refractivity contribution in [3.8, 4) is 5.75 Å². The SMILES string of the molecule is CNCCc1cc(OC)c2ccccc2c1Br.Cl. The van der Waals surface area contributed by atoms with E-state index in [1.54, 1.807) is 7.11 Å². The fourth-order valence-electron chi connectivity index (χ4n) is 1.97. The number of rotatable bonds is 4. The van der Waals surface area contributed by atoms with Gasteiger partial charge in [-0.1, -0.05) is 24.3 Å². The second-order valence-electron chi connectivity index (χ2n) is 3.95. The molecule has 0 spiro atoms. The highest BCUT2D eigenvalue weighted by molar-refractivity contribution is 9.10. The van der Waals surface area contributed by atoms with Crippen LogP contribution in [0.5, 0.6) is 5.75 Å². The predicted octanol–water partition coefficient (Wildman–Crippen LogP) is 3.79. The molecule has 0 aromatic heterocycles. The number of hydrogen-bond donors (Lipinski definition) is 1. The molecule has 0 unspecified atom stereocenters. The Labute approximate surface area is 122 Å². The Morgan fingerprint density at radius 3 is 2.50 bits per heavy atom. The van der Waals surface area contributed by atoms with E-state index in [0.717, 1.165) is 24.1 Å². The van der Waals surface area contributed by atoms with Crippen LogP contribution in [-0.2, 0) is 6.42 Å². The molecule has 2 aromatic carbocycles. The van der Waals surface area contributed by atoms with Gasteiger partial charge in [0.15, 0.2) is 0 Å². The van der Waals surface area contributed by atoms with Crippen LogP contribution in [0.1, 0.15) is 5.56 Å². The first-order valence-electron chi connectivity index (χ1n) is 5.66. The lowest BCUT2D eigenvalue weighted by Gasteiger charge is -2.12. The topological polar surface area (TPSA) is 21.3 Å². The van der Waals surface area contributed by atoms with Gasteiger partial charge in [-0.05, 0) is 53.0 Å². The maximum atomic E-state index is 5.46. The van der Waals surface area contributed by atoms with Crippen molar-refractivity contribution in [2.45, 2.75) is 6.42 Å². The van der Waals surface area contributed by atoms with Crippen LogP contribution >= 0.6 is 28.3 Å². The standard InChI is InChI=1S/C14H16BrNO.ClH/c1-16-8-7-10-9-13(17-2)11-5-3-4-6-12(11)14(10)15;/h3-6,9,16H,7-8H2,1-2H3;1H. The number of methoxy groups -OCH3 is 1. The smallest absolute Gasteiger partial charge is 0.127 e. The molecule has 0 aliphatic heterocycles. The number of fused-ring (bicyclic) bond motifs is 1. The van der Waals surface area contributed by atoms with Crippen LogP contribution in [0.3, 0.4) is 0 Å². The monoisotopic (exact) mass is 329 g/mol. The van der Waals surface area contributed by atoms with Crippen LogP contribution in [0.2, 0.25) is 0 Å². The third-order valence-electron chi connectivity index (χ3n) is 2.88. The van der Waals surface area contributed by atoms with Gasteiger partial charge in [0.25, 0.3) is 0 Å². The van der Waals surface area contributed by atoms with Gasteiger partial charge in [-0.2, -0.15) is 0 Å². The second kappa shape index (κ2) is 6.98. The van der Waals surface area contributed by atoms with Crippen LogP contribution in [0.4, 0.5) is 0 Å². The van der Waals surface area contributed by atoms with E-state index in [9.17, 15) is 0 Å². The summed E-state index contributed by atoms with van der Waals surface area (Å²) in [6.45, 7) is 0.958. The summed E-state index contributed by atoms with van der Waals surface area (Å²) in [4.78, 5) is 0. The summed E-state index contributed by atoms with van der Waals surface area (Å²) in [5.74, 6) is 0.940. The molecule has 1 N–H and O–H groups in total. The van der Waals surface area contributed by atoms with E-state index in [0.29, 0.717) is 0 Å². The average molecular weight is 331 g/mol. The minimum absolute atomic E-state index is 0. The summed E-state index contributed by atoms with van der Waals surface area (Å²) in [7, 11) is 3.68. The molecule has 0 amide bonds. The summed E-state index contributed by atoms with van der Waals surface area (Å²) >= 11 is 3.69. The lowest BCUT2D eigenvalue weighted by molar-refractivity contribution is 0.419. The Bertz CT molecular complexity index is 530. The summed E-state index contributed by atoms with van der Waals surface area (Å²) in [5, 5.41) is 5.52. The molecular formula is C14H17BrClNO. The van der Waals surface area contributed by atoms with Crippen molar-refractivity contribution < 1.29 is 4.74 Å². The molecule has 0 radical (unpaired) electrons. The molecule has 0 saturated heterocycles. The Kier molecular flexibility index (Phi) is 5.93. The van der Waals surface area contributed by atoms with Gasteiger partial charge >= 0.3 is 0 Å². The molecule has 98 valence electrons. The fraction of sp³-hybridized carbons (Fsp3) is 0.286. The van der Waals surface area contributed by atoms with Gasteiger partial charge in [-0.15, -0.1) is 12.4 Å².